The smallest absolute Gasteiger partial charge is 0.251 e. The maximum atomic E-state index is 12.1. The van der Waals surface area contributed by atoms with Crippen LogP contribution in [0.2, 0.25) is 5.02 Å². The van der Waals surface area contributed by atoms with E-state index in [1.165, 1.54) is 0 Å². The molecule has 0 bridgehead atoms. The summed E-state index contributed by atoms with van der Waals surface area (Å²) in [6.45, 7) is 0.940. The van der Waals surface area contributed by atoms with Crippen molar-refractivity contribution in [2.24, 2.45) is 0 Å². The third kappa shape index (κ3) is 5.06. The number of nitrogens with one attached hydrogen (secondary N) is 1. The Kier molecular flexibility index (Phi) is 6.16. The number of aliphatic hydroxyl groups excluding tert-OH is 1. The van der Waals surface area contributed by atoms with Crippen LogP contribution in [0.25, 0.3) is 0 Å². The van der Waals surface area contributed by atoms with Crippen LogP contribution in [-0.2, 0) is 6.54 Å². The molecule has 0 saturated heterocycles. The Balaban J connectivity index is 1.93. The maximum absolute atomic E-state index is 12.1. The number of nitrogens with zero attached hydrogens (tertiary/aromatic N) is 1. The van der Waals surface area contributed by atoms with Crippen molar-refractivity contribution in [2.45, 2.75) is 12.6 Å². The Morgan fingerprint density at radius 3 is 2.43 bits per heavy atom. The van der Waals surface area contributed by atoms with Gasteiger partial charge in [0.15, 0.2) is 0 Å². The van der Waals surface area contributed by atoms with E-state index >= 15 is 0 Å². The second-order valence-corrected chi connectivity index (χ2v) is 6.09. The van der Waals surface area contributed by atoms with Crippen LogP contribution in [0.5, 0.6) is 0 Å². The second-order valence-electron chi connectivity index (χ2n) is 5.68. The van der Waals surface area contributed by atoms with Crippen LogP contribution in [0.15, 0.2) is 48.5 Å². The van der Waals surface area contributed by atoms with E-state index in [2.05, 4.69) is 10.2 Å². The van der Waals surface area contributed by atoms with E-state index in [0.29, 0.717) is 16.1 Å². The van der Waals surface area contributed by atoms with Gasteiger partial charge in [0.2, 0.25) is 0 Å². The number of carbonyl (C=O) groups excluding carboxylic acids is 1. The Hall–Kier alpha value is -1.88. The monoisotopic (exact) mass is 332 g/mol. The number of halogens is 1. The molecule has 122 valence electrons. The zero-order valence-corrected chi connectivity index (χ0v) is 14.0. The number of hydrogen-bond donors (Lipinski definition) is 2. The number of carbonyl (C=O) groups is 1. The summed E-state index contributed by atoms with van der Waals surface area (Å²) < 4.78 is 0. The molecule has 4 nitrogen and oxygen atoms in total. The molecule has 2 N–H and O–H groups in total. The largest absolute Gasteiger partial charge is 0.387 e. The summed E-state index contributed by atoms with van der Waals surface area (Å²) in [5.74, 6) is -0.215. The average Bonchev–Trinajstić information content (AvgIpc) is 2.53. The van der Waals surface area contributed by atoms with Gasteiger partial charge in [-0.3, -0.25) is 4.79 Å². The molecule has 0 fully saturated rings. The first kappa shape index (κ1) is 17.5. The molecule has 1 amide bonds. The third-order valence-electron chi connectivity index (χ3n) is 3.44. The molecule has 5 heteroatoms. The Morgan fingerprint density at radius 1 is 1.17 bits per heavy atom. The third-order valence-corrected chi connectivity index (χ3v) is 3.78. The number of aliphatic hydroxyl groups is 1. The van der Waals surface area contributed by atoms with Crippen LogP contribution >= 0.6 is 11.6 Å². The lowest BCUT2D eigenvalue weighted by Gasteiger charge is -2.14. The van der Waals surface area contributed by atoms with Gasteiger partial charge >= 0.3 is 0 Å². The lowest BCUT2D eigenvalue weighted by atomic mass is 10.1. The summed E-state index contributed by atoms with van der Waals surface area (Å²) in [6.07, 6.45) is -0.833. The highest BCUT2D eigenvalue weighted by atomic mass is 35.5. The lowest BCUT2D eigenvalue weighted by Crippen LogP contribution is -2.28. The quantitative estimate of drug-likeness (QED) is 0.855. The average molecular weight is 333 g/mol. The molecule has 1 unspecified atom stereocenters. The Bertz CT molecular complexity index is 656. The van der Waals surface area contributed by atoms with E-state index in [0.717, 1.165) is 12.1 Å². The number of hydrogen-bond acceptors (Lipinski definition) is 3. The van der Waals surface area contributed by atoms with Gasteiger partial charge in [0.25, 0.3) is 5.91 Å². The molecule has 2 aromatic carbocycles. The van der Waals surface area contributed by atoms with E-state index < -0.39 is 6.10 Å². The summed E-state index contributed by atoms with van der Waals surface area (Å²) in [5.41, 5.74) is 2.32. The molecular weight excluding hydrogens is 312 g/mol. The van der Waals surface area contributed by atoms with Crippen LogP contribution in [-0.4, -0.2) is 36.6 Å². The van der Waals surface area contributed by atoms with E-state index in [9.17, 15) is 9.90 Å². The highest BCUT2D eigenvalue weighted by Crippen LogP contribution is 2.21. The molecule has 0 spiro atoms. The summed E-state index contributed by atoms with van der Waals surface area (Å²) in [4.78, 5) is 14.2. The van der Waals surface area contributed by atoms with Crippen LogP contribution < -0.4 is 5.32 Å². The fourth-order valence-corrected chi connectivity index (χ4v) is 2.54. The zero-order chi connectivity index (χ0) is 16.8. The highest BCUT2D eigenvalue weighted by Gasteiger charge is 2.13. The number of benzene rings is 2. The molecule has 0 aromatic heterocycles. The molecular formula is C18H21ClN2O2. The first-order chi connectivity index (χ1) is 11.0. The van der Waals surface area contributed by atoms with Gasteiger partial charge in [-0.1, -0.05) is 41.9 Å². The van der Waals surface area contributed by atoms with Crippen molar-refractivity contribution >= 4 is 17.5 Å². The van der Waals surface area contributed by atoms with Gasteiger partial charge in [0.1, 0.15) is 0 Å². The first-order valence-electron chi connectivity index (χ1n) is 7.41. The van der Waals surface area contributed by atoms with Gasteiger partial charge in [0.05, 0.1) is 6.10 Å². The Morgan fingerprint density at radius 2 is 1.83 bits per heavy atom. The summed E-state index contributed by atoms with van der Waals surface area (Å²) in [6, 6.07) is 14.5. The topological polar surface area (TPSA) is 52.6 Å². The fourth-order valence-electron chi connectivity index (χ4n) is 2.27. The zero-order valence-electron chi connectivity index (χ0n) is 13.3. The number of amides is 1. The summed E-state index contributed by atoms with van der Waals surface area (Å²) >= 11 is 6.03. The highest BCUT2D eigenvalue weighted by molar-refractivity contribution is 6.31. The minimum Gasteiger partial charge on any atom is -0.387 e. The molecule has 2 aromatic rings. The van der Waals surface area contributed by atoms with Crippen LogP contribution in [0.4, 0.5) is 0 Å². The van der Waals surface area contributed by atoms with E-state index in [1.807, 2.05) is 26.2 Å². The van der Waals surface area contributed by atoms with Crippen LogP contribution in [0.3, 0.4) is 0 Å². The Labute approximate surface area is 141 Å². The summed E-state index contributed by atoms with van der Waals surface area (Å²) in [5, 5.41) is 13.4. The fraction of sp³-hybridized carbons (Fsp3) is 0.278. The van der Waals surface area contributed by atoms with E-state index in [-0.39, 0.29) is 12.5 Å². The van der Waals surface area contributed by atoms with Crippen LogP contribution in [0, 0.1) is 0 Å². The van der Waals surface area contributed by atoms with Gasteiger partial charge in [-0.15, -0.1) is 0 Å². The van der Waals surface area contributed by atoms with Crippen LogP contribution in [0.1, 0.15) is 27.6 Å². The van der Waals surface area contributed by atoms with Gasteiger partial charge in [-0.05, 0) is 37.9 Å². The second kappa shape index (κ2) is 8.11. The van der Waals surface area contributed by atoms with Crippen molar-refractivity contribution in [1.29, 1.82) is 0 Å². The molecule has 0 saturated carbocycles. The van der Waals surface area contributed by atoms with Gasteiger partial charge in [-0.2, -0.15) is 0 Å². The van der Waals surface area contributed by atoms with Gasteiger partial charge in [0, 0.05) is 29.2 Å². The normalized spacial score (nSPS) is 12.2. The number of rotatable bonds is 6. The predicted molar refractivity (Wildman–Crippen MR) is 92.6 cm³/mol. The molecule has 23 heavy (non-hydrogen) atoms. The molecule has 0 aliphatic rings. The standard InChI is InChI=1S/C18H21ClN2O2/c1-21(2)12-13-7-9-14(10-8-13)18(23)20-11-17(22)15-5-3-4-6-16(15)19/h3-10,17,22H,11-12H2,1-2H3,(H,20,23). The lowest BCUT2D eigenvalue weighted by molar-refractivity contribution is 0.0916. The molecule has 2 rings (SSSR count). The minimum absolute atomic E-state index is 0.113. The van der Waals surface area contributed by atoms with Crippen molar-refractivity contribution < 1.29 is 9.90 Å². The molecule has 0 aliphatic heterocycles. The van der Waals surface area contributed by atoms with Crippen molar-refractivity contribution in [3.8, 4) is 0 Å². The van der Waals surface area contributed by atoms with Crippen molar-refractivity contribution in [1.82, 2.24) is 10.2 Å². The van der Waals surface area contributed by atoms with Gasteiger partial charge in [-0.25, -0.2) is 0 Å². The molecule has 0 radical (unpaired) electrons. The van der Waals surface area contributed by atoms with E-state index in [4.69, 9.17) is 11.6 Å². The molecule has 0 heterocycles. The first-order valence-corrected chi connectivity index (χ1v) is 7.79. The minimum atomic E-state index is -0.833. The van der Waals surface area contributed by atoms with Crippen molar-refractivity contribution in [3.05, 3.63) is 70.2 Å². The molecule has 1 atom stereocenters. The molecule has 0 aliphatic carbocycles. The van der Waals surface area contributed by atoms with Crippen molar-refractivity contribution in [2.75, 3.05) is 20.6 Å². The maximum Gasteiger partial charge on any atom is 0.251 e. The SMILES string of the molecule is CN(C)Cc1ccc(C(=O)NCC(O)c2ccccc2Cl)cc1. The summed E-state index contributed by atoms with van der Waals surface area (Å²) in [7, 11) is 3.99. The van der Waals surface area contributed by atoms with Crippen molar-refractivity contribution in [3.63, 3.8) is 0 Å². The van der Waals surface area contributed by atoms with E-state index in [1.54, 1.807) is 36.4 Å². The predicted octanol–water partition coefficient (Wildman–Crippen LogP) is 2.87. The van der Waals surface area contributed by atoms with Gasteiger partial charge < -0.3 is 15.3 Å².